The highest BCUT2D eigenvalue weighted by Gasteiger charge is 2.53. The van der Waals surface area contributed by atoms with Gasteiger partial charge in [0.15, 0.2) is 0 Å². The fourth-order valence-corrected chi connectivity index (χ4v) is 4.08. The summed E-state index contributed by atoms with van der Waals surface area (Å²) in [6.45, 7) is 4.70. The van der Waals surface area contributed by atoms with Gasteiger partial charge in [0.1, 0.15) is 17.6 Å². The second kappa shape index (κ2) is 8.02. The van der Waals surface area contributed by atoms with Crippen LogP contribution in [0.2, 0.25) is 0 Å². The number of carbonyl (C=O) groups excluding carboxylic acids is 2. The molecule has 2 aromatic rings. The Bertz CT molecular complexity index is 1010. The third-order valence-electron chi connectivity index (χ3n) is 5.74. The minimum absolute atomic E-state index is 0.219. The van der Waals surface area contributed by atoms with E-state index in [1.165, 1.54) is 28.2 Å². The number of aryl methyl sites for hydroxylation is 2. The maximum absolute atomic E-state index is 13.1. The van der Waals surface area contributed by atoms with Crippen molar-refractivity contribution in [2.24, 2.45) is 4.99 Å². The number of likely N-dealkylation sites (N-methyl/N-ethyl adjacent to an activating group) is 1. The molecule has 2 aliphatic rings. The molecule has 1 unspecified atom stereocenters. The third kappa shape index (κ3) is 3.21. The normalized spacial score (nSPS) is 18.0. The monoisotopic (exact) mass is 410 g/mol. The van der Waals surface area contributed by atoms with Crippen LogP contribution in [0.5, 0.6) is 0 Å². The Hall–Kier alpha value is -3.00. The van der Waals surface area contributed by atoms with Crippen LogP contribution in [-0.2, 0) is 16.0 Å². The Morgan fingerprint density at radius 3 is 2.60 bits per heavy atom. The molecule has 0 spiro atoms. The number of rotatable bonds is 7. The number of aliphatic imine (C=N–C) groups is 1. The smallest absolute Gasteiger partial charge is 0.383 e. The number of hydrogen-bond acceptors (Lipinski definition) is 4. The first-order chi connectivity index (χ1) is 14.5. The molecule has 158 valence electrons. The van der Waals surface area contributed by atoms with E-state index in [1.54, 1.807) is 14.2 Å². The summed E-state index contributed by atoms with van der Waals surface area (Å²) in [6.07, 6.45) is 5.34. The number of imidazole rings is 1. The molecule has 0 radical (unpaired) electrons. The van der Waals surface area contributed by atoms with Crippen LogP contribution in [0.1, 0.15) is 37.1 Å². The molecule has 1 aromatic carbocycles. The van der Waals surface area contributed by atoms with Gasteiger partial charge in [0.25, 0.3) is 5.91 Å². The maximum Gasteiger partial charge on any atom is 0.406 e. The number of urea groups is 1. The summed E-state index contributed by atoms with van der Waals surface area (Å²) in [5, 5.41) is 0. The summed E-state index contributed by atoms with van der Waals surface area (Å²) < 4.78 is 8.96. The average molecular weight is 410 g/mol. The van der Waals surface area contributed by atoms with Gasteiger partial charge in [-0.1, -0.05) is 30.5 Å². The van der Waals surface area contributed by atoms with Gasteiger partial charge in [-0.2, -0.15) is 4.57 Å². The highest BCUT2D eigenvalue weighted by Crippen LogP contribution is 2.31. The molecule has 2 aliphatic heterocycles. The van der Waals surface area contributed by atoms with Gasteiger partial charge in [-0.3, -0.25) is 14.6 Å². The van der Waals surface area contributed by atoms with Crippen LogP contribution in [0, 0.1) is 6.92 Å². The van der Waals surface area contributed by atoms with Crippen LogP contribution < -0.4 is 4.57 Å². The quantitative estimate of drug-likeness (QED) is 0.659. The number of ether oxygens (including phenoxy) is 1. The highest BCUT2D eigenvalue weighted by molar-refractivity contribution is 6.19. The van der Waals surface area contributed by atoms with Crippen molar-refractivity contribution in [3.05, 3.63) is 41.7 Å². The molecule has 4 rings (SSSR count). The minimum atomic E-state index is -0.636. The molecule has 3 heterocycles. The molecule has 8 heteroatoms. The molecule has 0 N–H and O–H groups in total. The molecule has 1 fully saturated rings. The Balaban J connectivity index is 1.71. The number of carbonyl (C=O) groups is 2. The number of amidine groups is 1. The van der Waals surface area contributed by atoms with Gasteiger partial charge >= 0.3 is 12.0 Å². The van der Waals surface area contributed by atoms with Crippen molar-refractivity contribution in [1.82, 2.24) is 14.4 Å². The highest BCUT2D eigenvalue weighted by atomic mass is 16.5. The predicted molar refractivity (Wildman–Crippen MR) is 112 cm³/mol. The maximum atomic E-state index is 13.1. The number of benzene rings is 1. The van der Waals surface area contributed by atoms with Crippen molar-refractivity contribution < 1.29 is 18.9 Å². The van der Waals surface area contributed by atoms with Crippen LogP contribution in [0.3, 0.4) is 0 Å². The van der Waals surface area contributed by atoms with Gasteiger partial charge in [-0.05, 0) is 37.5 Å². The number of imide groups is 1. The van der Waals surface area contributed by atoms with Crippen molar-refractivity contribution in [2.75, 3.05) is 27.3 Å². The van der Waals surface area contributed by atoms with E-state index in [0.717, 1.165) is 17.8 Å². The first-order valence-electron chi connectivity index (χ1n) is 10.4. The van der Waals surface area contributed by atoms with Crippen molar-refractivity contribution in [3.8, 4) is 5.69 Å². The zero-order chi connectivity index (χ0) is 21.4. The number of unbranched alkanes of at least 4 members (excludes halogenated alkanes) is 1. The van der Waals surface area contributed by atoms with E-state index in [4.69, 9.17) is 9.73 Å². The van der Waals surface area contributed by atoms with Crippen molar-refractivity contribution in [2.45, 2.75) is 39.2 Å². The second-order valence-electron chi connectivity index (χ2n) is 7.78. The van der Waals surface area contributed by atoms with Gasteiger partial charge in [0, 0.05) is 14.2 Å². The number of methoxy groups -OCH3 is 1. The van der Waals surface area contributed by atoms with E-state index in [0.29, 0.717) is 18.4 Å². The lowest BCUT2D eigenvalue weighted by Gasteiger charge is -2.32. The number of aromatic nitrogens is 2. The Kier molecular flexibility index (Phi) is 5.42. The molecule has 0 saturated carbocycles. The van der Waals surface area contributed by atoms with E-state index in [-0.39, 0.29) is 18.5 Å². The zero-order valence-electron chi connectivity index (χ0n) is 18.0. The summed E-state index contributed by atoms with van der Waals surface area (Å²) in [6, 6.07) is 7.45. The van der Waals surface area contributed by atoms with Gasteiger partial charge in [-0.15, -0.1) is 0 Å². The average Bonchev–Trinajstić information content (AvgIpc) is 3.25. The predicted octanol–water partition coefficient (Wildman–Crippen LogP) is 2.54. The van der Waals surface area contributed by atoms with Crippen LogP contribution in [-0.4, -0.2) is 59.4 Å². The lowest BCUT2D eigenvalue weighted by molar-refractivity contribution is -0.676. The van der Waals surface area contributed by atoms with Gasteiger partial charge < -0.3 is 4.74 Å². The van der Waals surface area contributed by atoms with Crippen LogP contribution >= 0.6 is 0 Å². The first kappa shape index (κ1) is 20.3. The van der Waals surface area contributed by atoms with E-state index in [1.807, 2.05) is 22.3 Å². The first-order valence-corrected chi connectivity index (χ1v) is 10.4. The summed E-state index contributed by atoms with van der Waals surface area (Å²) in [4.78, 5) is 33.2. The number of hydrogen-bond donors (Lipinski definition) is 0. The van der Waals surface area contributed by atoms with E-state index >= 15 is 0 Å². The summed E-state index contributed by atoms with van der Waals surface area (Å²) in [7, 11) is 3.21. The molecule has 30 heavy (non-hydrogen) atoms. The van der Waals surface area contributed by atoms with E-state index in [9.17, 15) is 9.59 Å². The fraction of sp³-hybridized carbons (Fsp3) is 0.455. The fourth-order valence-electron chi connectivity index (χ4n) is 4.08. The Morgan fingerprint density at radius 2 is 1.93 bits per heavy atom. The minimum Gasteiger partial charge on any atom is -0.383 e. The topological polar surface area (TPSA) is 71.0 Å². The van der Waals surface area contributed by atoms with Crippen molar-refractivity contribution >= 4 is 23.7 Å². The lowest BCUT2D eigenvalue weighted by Crippen LogP contribution is -2.63. The number of fused-ring (bicyclic) bond motifs is 3. The third-order valence-corrected chi connectivity index (χ3v) is 5.74. The Labute approximate surface area is 176 Å². The molecule has 0 aliphatic carbocycles. The van der Waals surface area contributed by atoms with Gasteiger partial charge in [0.2, 0.25) is 11.9 Å². The van der Waals surface area contributed by atoms with Crippen molar-refractivity contribution in [1.29, 1.82) is 0 Å². The Morgan fingerprint density at radius 1 is 1.20 bits per heavy atom. The van der Waals surface area contributed by atoms with E-state index in [2.05, 4.69) is 31.2 Å². The molecular formula is C22H28N5O3+. The molecule has 0 bridgehead atoms. The number of amides is 3. The number of nitrogens with zero attached hydrogens (tertiary/aromatic N) is 5. The van der Waals surface area contributed by atoms with Gasteiger partial charge in [0.05, 0.1) is 13.2 Å². The zero-order valence-corrected chi connectivity index (χ0v) is 18.0. The molecule has 3 amide bonds. The second-order valence-corrected chi connectivity index (χ2v) is 7.78. The van der Waals surface area contributed by atoms with Crippen LogP contribution in [0.4, 0.5) is 10.7 Å². The van der Waals surface area contributed by atoms with E-state index < -0.39 is 6.04 Å². The van der Waals surface area contributed by atoms with Gasteiger partial charge in [-0.25, -0.2) is 9.36 Å². The lowest BCUT2D eigenvalue weighted by atomic mass is 10.1. The summed E-state index contributed by atoms with van der Waals surface area (Å²) in [5.41, 5.74) is 3.27. The van der Waals surface area contributed by atoms with Crippen LogP contribution in [0.15, 0.2) is 35.5 Å². The largest absolute Gasteiger partial charge is 0.406 e. The molecular weight excluding hydrogens is 382 g/mol. The summed E-state index contributed by atoms with van der Waals surface area (Å²) in [5.74, 6) is 0.835. The van der Waals surface area contributed by atoms with Crippen molar-refractivity contribution in [3.63, 3.8) is 0 Å². The molecule has 1 aromatic heterocycles. The summed E-state index contributed by atoms with van der Waals surface area (Å²) >= 11 is 0. The van der Waals surface area contributed by atoms with Crippen LogP contribution in [0.25, 0.3) is 5.69 Å². The SMILES string of the molecule is CCCCc1ccc(-n2c(C)c[n+]3c2N=C2C3C(=O)N(CCOC)C(=O)N2C)cc1. The molecule has 1 atom stereocenters. The standard InChI is InChI=1S/C22H28N5O3/c1-5-6-7-16-8-10-17(11-9-16)27-15(2)14-26-18-19(23-21(26)27)24(3)22(29)25(20(18)28)12-13-30-4/h8-11,14,18H,5-7,12-13H2,1-4H3/q+1. The molecule has 1 saturated heterocycles. The molecule has 8 nitrogen and oxygen atoms in total.